The van der Waals surface area contributed by atoms with Crippen molar-refractivity contribution in [3.8, 4) is 50.7 Å². The van der Waals surface area contributed by atoms with Crippen molar-refractivity contribution in [2.45, 2.75) is 25.7 Å². The third-order valence-corrected chi connectivity index (χ3v) is 10.6. The number of benzene rings is 6. The molecule has 2 aliphatic rings. The van der Waals surface area contributed by atoms with E-state index in [9.17, 15) is 0 Å². The first-order valence-electron chi connectivity index (χ1n) is 18.5. The molecule has 4 heteroatoms. The molecule has 0 bridgehead atoms. The lowest BCUT2D eigenvalue weighted by atomic mass is 9.99. The molecule has 4 nitrogen and oxygen atoms in total. The van der Waals surface area contributed by atoms with E-state index < -0.39 is 0 Å². The zero-order chi connectivity index (χ0) is 35.1. The lowest BCUT2D eigenvalue weighted by Crippen LogP contribution is -2.04. The molecule has 0 aliphatic heterocycles. The fourth-order valence-corrected chi connectivity index (χ4v) is 7.95. The van der Waals surface area contributed by atoms with Gasteiger partial charge in [0.15, 0.2) is 17.5 Å². The standard InChI is InChI=1S/C49H36N4/c1-3-13-33(14-4-1)34-23-25-35(26-24-34)36-27-29-38(30-28-36)48-50-47(37-15-5-2-6-16-37)51-49(52-48)43-31-32-46(40-18-8-7-17-39(40)43)53-44-21-11-9-19-41(44)42-20-10-12-22-45(42)53/h1,3-5,7-9,11-19,21-32H,2,6,10,20H2. The maximum atomic E-state index is 5.19. The van der Waals surface area contributed by atoms with Gasteiger partial charge in [0.2, 0.25) is 0 Å². The summed E-state index contributed by atoms with van der Waals surface area (Å²) >= 11 is 0. The molecule has 0 N–H and O–H groups in total. The normalized spacial score (nSPS) is 13.7. The molecular weight excluding hydrogens is 645 g/mol. The van der Waals surface area contributed by atoms with Gasteiger partial charge in [-0.15, -0.1) is 0 Å². The Morgan fingerprint density at radius 2 is 1.04 bits per heavy atom. The van der Waals surface area contributed by atoms with Crippen LogP contribution in [0.15, 0.2) is 164 Å². The van der Waals surface area contributed by atoms with E-state index >= 15 is 0 Å². The van der Waals surface area contributed by atoms with E-state index in [4.69, 9.17) is 15.0 Å². The van der Waals surface area contributed by atoms with Gasteiger partial charge in [-0.3, -0.25) is 0 Å². The van der Waals surface area contributed by atoms with Gasteiger partial charge < -0.3 is 4.57 Å². The Balaban J connectivity index is 1.08. The van der Waals surface area contributed by atoms with Crippen LogP contribution < -0.4 is 0 Å². The van der Waals surface area contributed by atoms with E-state index in [-0.39, 0.29) is 0 Å². The molecule has 10 rings (SSSR count). The highest BCUT2D eigenvalue weighted by Gasteiger charge is 2.21. The second-order valence-corrected chi connectivity index (χ2v) is 13.8. The van der Waals surface area contributed by atoms with Crippen molar-refractivity contribution in [3.05, 3.63) is 181 Å². The Bertz CT molecular complexity index is 2750. The minimum Gasteiger partial charge on any atom is -0.309 e. The highest BCUT2D eigenvalue weighted by molar-refractivity contribution is 6.02. The maximum absolute atomic E-state index is 5.19. The summed E-state index contributed by atoms with van der Waals surface area (Å²) in [4.78, 5) is 15.4. The number of aryl methyl sites for hydroxylation is 1. The van der Waals surface area contributed by atoms with Crippen LogP contribution in [-0.2, 0) is 6.42 Å². The van der Waals surface area contributed by atoms with E-state index in [1.807, 2.05) is 6.07 Å². The Kier molecular flexibility index (Phi) is 7.72. The second-order valence-electron chi connectivity index (χ2n) is 13.8. The van der Waals surface area contributed by atoms with E-state index in [1.54, 1.807) is 0 Å². The Labute approximate surface area is 309 Å². The fourth-order valence-electron chi connectivity index (χ4n) is 7.95. The lowest BCUT2D eigenvalue weighted by molar-refractivity contribution is 0.969. The molecule has 0 atom stereocenters. The van der Waals surface area contributed by atoms with Crippen molar-refractivity contribution in [1.82, 2.24) is 19.5 Å². The number of hydrogen-bond donors (Lipinski definition) is 0. The van der Waals surface area contributed by atoms with Crippen LogP contribution in [0.3, 0.4) is 0 Å². The van der Waals surface area contributed by atoms with Crippen LogP contribution in [0.25, 0.3) is 84.0 Å². The molecule has 6 aromatic carbocycles. The summed E-state index contributed by atoms with van der Waals surface area (Å²) in [6.45, 7) is 0. The molecule has 53 heavy (non-hydrogen) atoms. The summed E-state index contributed by atoms with van der Waals surface area (Å²) in [7, 11) is 0. The maximum Gasteiger partial charge on any atom is 0.164 e. The molecule has 0 saturated carbocycles. The topological polar surface area (TPSA) is 43.6 Å². The van der Waals surface area contributed by atoms with Crippen LogP contribution in [0.2, 0.25) is 0 Å². The molecule has 2 heterocycles. The number of fused-ring (bicyclic) bond motifs is 4. The third-order valence-electron chi connectivity index (χ3n) is 10.6. The van der Waals surface area contributed by atoms with Crippen LogP contribution in [0, 0.1) is 0 Å². The zero-order valence-electron chi connectivity index (χ0n) is 29.3. The van der Waals surface area contributed by atoms with Crippen LogP contribution >= 0.6 is 0 Å². The van der Waals surface area contributed by atoms with Crippen LogP contribution in [0.4, 0.5) is 0 Å². The van der Waals surface area contributed by atoms with Gasteiger partial charge in [-0.25, -0.2) is 15.0 Å². The average molecular weight is 681 g/mol. The molecule has 2 aromatic heterocycles. The number of aromatic nitrogens is 4. The fraction of sp³-hybridized carbons (Fsp3) is 0.0816. The van der Waals surface area contributed by atoms with Crippen molar-refractivity contribution >= 4 is 33.3 Å². The minimum absolute atomic E-state index is 0.666. The van der Waals surface area contributed by atoms with Crippen LogP contribution in [0.5, 0.6) is 0 Å². The predicted molar refractivity (Wildman–Crippen MR) is 220 cm³/mol. The Hall–Kier alpha value is -6.65. The number of hydrogen-bond acceptors (Lipinski definition) is 3. The Morgan fingerprint density at radius 3 is 1.77 bits per heavy atom. The predicted octanol–water partition coefficient (Wildman–Crippen LogP) is 12.3. The summed E-state index contributed by atoms with van der Waals surface area (Å²) < 4.78 is 2.44. The van der Waals surface area contributed by atoms with Crippen molar-refractivity contribution < 1.29 is 0 Å². The van der Waals surface area contributed by atoms with Crippen molar-refractivity contribution in [2.75, 3.05) is 0 Å². The van der Waals surface area contributed by atoms with Gasteiger partial charge in [0.05, 0.1) is 11.2 Å². The van der Waals surface area contributed by atoms with Gasteiger partial charge in [0.1, 0.15) is 0 Å². The lowest BCUT2D eigenvalue weighted by Gasteiger charge is -2.17. The molecule has 0 saturated heterocycles. The van der Waals surface area contributed by atoms with Gasteiger partial charge in [-0.2, -0.15) is 0 Å². The Morgan fingerprint density at radius 1 is 0.434 bits per heavy atom. The van der Waals surface area contributed by atoms with Crippen LogP contribution in [-0.4, -0.2) is 19.5 Å². The van der Waals surface area contributed by atoms with Gasteiger partial charge in [0, 0.05) is 33.2 Å². The van der Waals surface area contributed by atoms with Crippen LogP contribution in [0.1, 0.15) is 36.3 Å². The van der Waals surface area contributed by atoms with Crippen molar-refractivity contribution in [1.29, 1.82) is 0 Å². The minimum atomic E-state index is 0.666. The van der Waals surface area contributed by atoms with E-state index in [2.05, 4.69) is 168 Å². The first-order valence-corrected chi connectivity index (χ1v) is 18.5. The average Bonchev–Trinajstić information content (AvgIpc) is 3.58. The number of para-hydroxylation sites is 1. The van der Waals surface area contributed by atoms with Gasteiger partial charge >= 0.3 is 0 Å². The van der Waals surface area contributed by atoms with E-state index in [0.29, 0.717) is 17.5 Å². The molecule has 8 aromatic rings. The third kappa shape index (κ3) is 5.60. The summed E-state index contributed by atoms with van der Waals surface area (Å²) in [5, 5.41) is 3.60. The highest BCUT2D eigenvalue weighted by Crippen LogP contribution is 2.39. The van der Waals surface area contributed by atoms with Crippen molar-refractivity contribution in [3.63, 3.8) is 0 Å². The summed E-state index contributed by atoms with van der Waals surface area (Å²) in [5.41, 5.74) is 12.8. The quantitative estimate of drug-likeness (QED) is 0.176. The van der Waals surface area contributed by atoms with E-state index in [0.717, 1.165) is 64.4 Å². The zero-order valence-corrected chi connectivity index (χ0v) is 29.3. The smallest absolute Gasteiger partial charge is 0.164 e. The van der Waals surface area contributed by atoms with Gasteiger partial charge in [-0.05, 0) is 83.2 Å². The number of allylic oxidation sites excluding steroid dienone is 5. The molecular formula is C49H36N4. The molecule has 0 unspecified atom stereocenters. The molecule has 0 amide bonds. The van der Waals surface area contributed by atoms with E-state index in [1.165, 1.54) is 38.9 Å². The number of nitrogens with zero attached hydrogens (tertiary/aromatic N) is 4. The number of rotatable bonds is 6. The SMILES string of the molecule is C1=CC(c2nc(-c3ccc(-c4ccc(-c5ccccc5)cc4)cc3)nc(-c3ccc(-n4c5c(c6ccccc64)CCC=C5)c4ccccc34)n2)=CCC1. The van der Waals surface area contributed by atoms with Gasteiger partial charge in [-0.1, -0.05) is 146 Å². The van der Waals surface area contributed by atoms with Gasteiger partial charge in [0.25, 0.3) is 0 Å². The summed E-state index contributed by atoms with van der Waals surface area (Å²) in [5.74, 6) is 2.04. The van der Waals surface area contributed by atoms with Crippen molar-refractivity contribution in [2.24, 2.45) is 0 Å². The molecule has 0 radical (unpaired) electrons. The molecule has 0 fully saturated rings. The molecule has 0 spiro atoms. The second kappa shape index (κ2) is 13.2. The monoisotopic (exact) mass is 680 g/mol. The summed E-state index contributed by atoms with van der Waals surface area (Å²) in [6, 6.07) is 49.7. The first-order chi connectivity index (χ1) is 26.3. The molecule has 252 valence electrons. The molecule has 2 aliphatic carbocycles. The first kappa shape index (κ1) is 31.1. The highest BCUT2D eigenvalue weighted by atomic mass is 15.0. The largest absolute Gasteiger partial charge is 0.309 e. The summed E-state index contributed by atoms with van der Waals surface area (Å²) in [6.07, 6.45) is 15.3.